The fraction of sp³-hybridized carbons (Fsp3) is 0.211. The Morgan fingerprint density at radius 2 is 1.96 bits per heavy atom. The number of aromatic nitrogens is 4. The quantitative estimate of drug-likeness (QED) is 0.411. The molecule has 2 heterocycles. The van der Waals surface area contributed by atoms with Crippen LogP contribution in [0.4, 0.5) is 0 Å². The number of imidazole rings is 1. The number of halogens is 1. The number of para-hydroxylation sites is 1. The lowest BCUT2D eigenvalue weighted by atomic mass is 10.2. The first-order chi connectivity index (χ1) is 13.1. The maximum Gasteiger partial charge on any atom is 0.261 e. The van der Waals surface area contributed by atoms with Gasteiger partial charge in [-0.3, -0.25) is 9.36 Å². The van der Waals surface area contributed by atoms with Gasteiger partial charge in [0, 0.05) is 18.6 Å². The molecule has 4 aromatic rings. The Labute approximate surface area is 164 Å². The Bertz CT molecular complexity index is 1200. The van der Waals surface area contributed by atoms with Crippen LogP contribution in [0.15, 0.2) is 52.4 Å². The molecule has 1 N–H and O–H groups in total. The van der Waals surface area contributed by atoms with E-state index in [9.17, 15) is 9.90 Å². The van der Waals surface area contributed by atoms with Crippen molar-refractivity contribution in [1.82, 2.24) is 19.1 Å². The van der Waals surface area contributed by atoms with Crippen LogP contribution in [0.3, 0.4) is 0 Å². The maximum atomic E-state index is 12.5. The number of hydrogen-bond donors (Lipinski definition) is 1. The van der Waals surface area contributed by atoms with Crippen LogP contribution in [-0.2, 0) is 19.3 Å². The van der Waals surface area contributed by atoms with E-state index in [1.165, 1.54) is 11.8 Å². The third-order valence-corrected chi connectivity index (χ3v) is 5.65. The number of fused-ring (bicyclic) bond motifs is 2. The van der Waals surface area contributed by atoms with Gasteiger partial charge in [-0.25, -0.2) is 9.97 Å². The molecule has 0 fully saturated rings. The van der Waals surface area contributed by atoms with Gasteiger partial charge in [-0.15, -0.1) is 0 Å². The van der Waals surface area contributed by atoms with Crippen LogP contribution in [0.25, 0.3) is 21.9 Å². The molecule has 0 aliphatic rings. The van der Waals surface area contributed by atoms with Gasteiger partial charge >= 0.3 is 0 Å². The molecule has 0 amide bonds. The summed E-state index contributed by atoms with van der Waals surface area (Å²) in [5.74, 6) is 1.32. The third kappa shape index (κ3) is 3.34. The number of aliphatic hydroxyl groups is 1. The normalized spacial score (nSPS) is 11.5. The molecule has 2 aromatic carbocycles. The smallest absolute Gasteiger partial charge is 0.261 e. The van der Waals surface area contributed by atoms with Crippen molar-refractivity contribution in [3.05, 3.63) is 63.7 Å². The van der Waals surface area contributed by atoms with Crippen molar-refractivity contribution in [3.8, 4) is 0 Å². The van der Waals surface area contributed by atoms with Crippen LogP contribution in [0.2, 0.25) is 5.02 Å². The molecule has 0 radical (unpaired) electrons. The topological polar surface area (TPSA) is 72.9 Å². The largest absolute Gasteiger partial charge is 0.395 e. The lowest BCUT2D eigenvalue weighted by molar-refractivity contribution is 0.276. The van der Waals surface area contributed by atoms with Crippen molar-refractivity contribution in [2.45, 2.75) is 17.5 Å². The fourth-order valence-electron chi connectivity index (χ4n) is 3.06. The summed E-state index contributed by atoms with van der Waals surface area (Å²) in [7, 11) is 1.72. The van der Waals surface area contributed by atoms with Gasteiger partial charge in [-0.05, 0) is 30.3 Å². The van der Waals surface area contributed by atoms with Crippen LogP contribution in [0.1, 0.15) is 5.82 Å². The van der Waals surface area contributed by atoms with Gasteiger partial charge in [0.15, 0.2) is 5.16 Å². The summed E-state index contributed by atoms with van der Waals surface area (Å²) in [4.78, 5) is 21.8. The van der Waals surface area contributed by atoms with Crippen LogP contribution < -0.4 is 5.56 Å². The van der Waals surface area contributed by atoms with Gasteiger partial charge in [0.1, 0.15) is 5.82 Å². The molecule has 6 nitrogen and oxygen atoms in total. The minimum Gasteiger partial charge on any atom is -0.395 e. The molecule has 27 heavy (non-hydrogen) atoms. The molecule has 0 aliphatic heterocycles. The number of rotatable bonds is 5. The van der Waals surface area contributed by atoms with Crippen molar-refractivity contribution >= 4 is 45.3 Å². The first-order valence-electron chi connectivity index (χ1n) is 8.42. The summed E-state index contributed by atoms with van der Waals surface area (Å²) in [6, 6.07) is 12.8. The Hall–Kier alpha value is -2.35. The molecule has 4 rings (SSSR count). The summed E-state index contributed by atoms with van der Waals surface area (Å²) < 4.78 is 3.51. The highest BCUT2D eigenvalue weighted by molar-refractivity contribution is 7.98. The molecule has 0 aliphatic carbocycles. The van der Waals surface area contributed by atoms with Gasteiger partial charge in [0.25, 0.3) is 5.56 Å². The molecule has 0 atom stereocenters. The third-order valence-electron chi connectivity index (χ3n) is 4.39. The number of aliphatic hydroxyl groups excluding tert-OH is 1. The first kappa shape index (κ1) is 18.0. The maximum absolute atomic E-state index is 12.5. The average molecular weight is 401 g/mol. The molecule has 0 saturated carbocycles. The van der Waals surface area contributed by atoms with Crippen LogP contribution in [-0.4, -0.2) is 30.8 Å². The second-order valence-electron chi connectivity index (χ2n) is 6.10. The van der Waals surface area contributed by atoms with Gasteiger partial charge < -0.3 is 9.67 Å². The SMILES string of the molecule is Cn1c(SCc2nc3ccc(Cl)cc3n2CCO)nc2ccccc2c1=O. The standard InChI is InChI=1S/C19H17ClN4O2S/c1-23-18(26)13-4-2-3-5-14(13)22-19(23)27-11-17-21-15-7-6-12(20)10-16(15)24(17)8-9-25/h2-7,10,25H,8-9,11H2,1H3. The Morgan fingerprint density at radius 3 is 2.78 bits per heavy atom. The molecule has 8 heteroatoms. The van der Waals surface area contributed by atoms with Gasteiger partial charge in [-0.2, -0.15) is 0 Å². The van der Waals surface area contributed by atoms with Crippen molar-refractivity contribution in [2.24, 2.45) is 7.05 Å². The van der Waals surface area contributed by atoms with Gasteiger partial charge in [0.05, 0.1) is 34.3 Å². The number of benzene rings is 2. The minimum atomic E-state index is -0.0706. The van der Waals surface area contributed by atoms with Crippen molar-refractivity contribution in [3.63, 3.8) is 0 Å². The zero-order valence-electron chi connectivity index (χ0n) is 14.6. The van der Waals surface area contributed by atoms with E-state index in [4.69, 9.17) is 11.6 Å². The lowest BCUT2D eigenvalue weighted by Gasteiger charge is -2.10. The Kier molecular flexibility index (Phi) is 4.90. The van der Waals surface area contributed by atoms with E-state index in [1.54, 1.807) is 23.7 Å². The van der Waals surface area contributed by atoms with E-state index in [2.05, 4.69) is 9.97 Å². The van der Waals surface area contributed by atoms with E-state index in [1.807, 2.05) is 34.9 Å². The van der Waals surface area contributed by atoms with Crippen LogP contribution in [0.5, 0.6) is 0 Å². The average Bonchev–Trinajstić information content (AvgIpc) is 3.01. The molecular weight excluding hydrogens is 384 g/mol. The highest BCUT2D eigenvalue weighted by Crippen LogP contribution is 2.26. The zero-order chi connectivity index (χ0) is 19.0. The van der Waals surface area contributed by atoms with E-state index in [-0.39, 0.29) is 12.2 Å². The molecule has 2 aromatic heterocycles. The van der Waals surface area contributed by atoms with Gasteiger partial charge in [-0.1, -0.05) is 35.5 Å². The number of hydrogen-bond acceptors (Lipinski definition) is 5. The van der Waals surface area contributed by atoms with Crippen LogP contribution >= 0.6 is 23.4 Å². The van der Waals surface area contributed by atoms with E-state index < -0.39 is 0 Å². The van der Waals surface area contributed by atoms with Crippen molar-refractivity contribution in [2.75, 3.05) is 6.61 Å². The summed E-state index contributed by atoms with van der Waals surface area (Å²) in [6.07, 6.45) is 0. The molecular formula is C19H17ClN4O2S. The minimum absolute atomic E-state index is 0.00233. The number of thioether (sulfide) groups is 1. The first-order valence-corrected chi connectivity index (χ1v) is 9.79. The van der Waals surface area contributed by atoms with E-state index >= 15 is 0 Å². The highest BCUT2D eigenvalue weighted by atomic mass is 35.5. The van der Waals surface area contributed by atoms with Gasteiger partial charge in [0.2, 0.25) is 0 Å². The summed E-state index contributed by atoms with van der Waals surface area (Å²) in [5.41, 5.74) is 2.31. The lowest BCUT2D eigenvalue weighted by Crippen LogP contribution is -2.20. The second kappa shape index (κ2) is 7.34. The van der Waals surface area contributed by atoms with Crippen molar-refractivity contribution in [1.29, 1.82) is 0 Å². The predicted molar refractivity (Wildman–Crippen MR) is 108 cm³/mol. The Morgan fingerprint density at radius 1 is 1.15 bits per heavy atom. The zero-order valence-corrected chi connectivity index (χ0v) is 16.2. The van der Waals surface area contributed by atoms with Crippen molar-refractivity contribution < 1.29 is 5.11 Å². The summed E-state index contributed by atoms with van der Waals surface area (Å²) in [6.45, 7) is 0.430. The summed E-state index contributed by atoms with van der Waals surface area (Å²) in [5, 5.41) is 11.3. The number of nitrogens with zero attached hydrogens (tertiary/aromatic N) is 4. The molecule has 0 spiro atoms. The monoisotopic (exact) mass is 400 g/mol. The second-order valence-corrected chi connectivity index (χ2v) is 7.48. The van der Waals surface area contributed by atoms with Crippen LogP contribution in [0, 0.1) is 0 Å². The van der Waals surface area contributed by atoms with E-state index in [0.29, 0.717) is 33.4 Å². The molecule has 0 saturated heterocycles. The molecule has 0 unspecified atom stereocenters. The fourth-order valence-corrected chi connectivity index (χ4v) is 4.15. The highest BCUT2D eigenvalue weighted by Gasteiger charge is 2.14. The summed E-state index contributed by atoms with van der Waals surface area (Å²) >= 11 is 7.55. The Balaban J connectivity index is 1.71. The predicted octanol–water partition coefficient (Wildman–Crippen LogP) is 3.22. The van der Waals surface area contributed by atoms with E-state index in [0.717, 1.165) is 16.9 Å². The molecule has 138 valence electrons. The molecule has 0 bridgehead atoms.